The van der Waals surface area contributed by atoms with Gasteiger partial charge in [0, 0.05) is 24.3 Å². The Hall–Kier alpha value is -2.76. The van der Waals surface area contributed by atoms with Crippen LogP contribution in [-0.2, 0) is 15.6 Å². The molecule has 0 spiro atoms. The minimum absolute atomic E-state index is 0.0325. The number of nitrogens with zero attached hydrogens (tertiary/aromatic N) is 4. The average Bonchev–Trinajstić information content (AvgIpc) is 3.11. The zero-order valence-electron chi connectivity index (χ0n) is 23.0. The molecule has 0 fully saturated rings. The van der Waals surface area contributed by atoms with Crippen LogP contribution in [0.15, 0.2) is 65.8 Å². The van der Waals surface area contributed by atoms with Gasteiger partial charge in [0.25, 0.3) is 8.32 Å². The van der Waals surface area contributed by atoms with Gasteiger partial charge >= 0.3 is 5.16 Å². The number of rotatable bonds is 8. The van der Waals surface area contributed by atoms with E-state index >= 15 is 4.39 Å². The fourth-order valence-electron chi connectivity index (χ4n) is 5.36. The number of hydrogen-bond donors (Lipinski definition) is 0. The van der Waals surface area contributed by atoms with Crippen molar-refractivity contribution < 1.29 is 18.1 Å². The highest BCUT2D eigenvalue weighted by Crippen LogP contribution is 2.38. The first-order chi connectivity index (χ1) is 19.1. The SMILES string of the molecule is C[S+]([O-])c1nc2c3c(nc(Cl)c(F)c3n1)OCCN2CCCO[Si](c1ccccc1)(c1ccccc1)C(C)(C)C. The number of benzene rings is 2. The molecule has 0 bridgehead atoms. The molecular formula is C29H32ClFN4O3SSi. The summed E-state index contributed by atoms with van der Waals surface area (Å²) in [5, 5.41) is 2.33. The van der Waals surface area contributed by atoms with E-state index in [4.69, 9.17) is 20.8 Å². The molecule has 0 radical (unpaired) electrons. The molecule has 1 aliphatic rings. The first kappa shape index (κ1) is 28.8. The van der Waals surface area contributed by atoms with Gasteiger partial charge in [0.15, 0.2) is 16.8 Å². The molecule has 1 aliphatic heterocycles. The van der Waals surface area contributed by atoms with Gasteiger partial charge in [-0.25, -0.2) is 4.39 Å². The Kier molecular flexibility index (Phi) is 8.35. The van der Waals surface area contributed by atoms with E-state index < -0.39 is 25.3 Å². The van der Waals surface area contributed by atoms with Crippen LogP contribution < -0.4 is 20.0 Å². The lowest BCUT2D eigenvalue weighted by Crippen LogP contribution is -2.66. The molecule has 2 aromatic heterocycles. The van der Waals surface area contributed by atoms with Crippen molar-refractivity contribution >= 4 is 58.2 Å². The van der Waals surface area contributed by atoms with Crippen LogP contribution >= 0.6 is 11.6 Å². The quantitative estimate of drug-likeness (QED) is 0.0954. The summed E-state index contributed by atoms with van der Waals surface area (Å²) in [5.41, 5.74) is -0.0411. The molecule has 0 N–H and O–H groups in total. The molecule has 0 saturated carbocycles. The Morgan fingerprint density at radius 3 is 2.25 bits per heavy atom. The van der Waals surface area contributed by atoms with Crippen molar-refractivity contribution in [1.29, 1.82) is 0 Å². The molecule has 4 aromatic rings. The number of aromatic nitrogens is 3. The van der Waals surface area contributed by atoms with Crippen molar-refractivity contribution in [1.82, 2.24) is 15.0 Å². The van der Waals surface area contributed by atoms with E-state index in [2.05, 4.69) is 84.3 Å². The summed E-state index contributed by atoms with van der Waals surface area (Å²) < 4.78 is 40.2. The molecule has 2 aromatic carbocycles. The second-order valence-electron chi connectivity index (χ2n) is 10.7. The molecule has 7 nitrogen and oxygen atoms in total. The third-order valence-corrected chi connectivity index (χ3v) is 13.1. The van der Waals surface area contributed by atoms with E-state index in [9.17, 15) is 4.55 Å². The number of halogens is 2. The average molecular weight is 599 g/mol. The number of ether oxygens (including phenoxy) is 1. The van der Waals surface area contributed by atoms with E-state index in [1.807, 2.05) is 17.0 Å². The Bertz CT molecular complexity index is 1450. The molecule has 5 rings (SSSR count). The fraction of sp³-hybridized carbons (Fsp3) is 0.345. The normalized spacial score (nSPS) is 14.6. The van der Waals surface area contributed by atoms with Gasteiger partial charge in [-0.3, -0.25) is 0 Å². The van der Waals surface area contributed by atoms with E-state index in [1.54, 1.807) is 0 Å². The van der Waals surface area contributed by atoms with Gasteiger partial charge in [-0.2, -0.15) is 15.0 Å². The molecule has 0 amide bonds. The Morgan fingerprint density at radius 1 is 1.05 bits per heavy atom. The molecule has 11 heteroatoms. The summed E-state index contributed by atoms with van der Waals surface area (Å²) in [4.78, 5) is 14.8. The van der Waals surface area contributed by atoms with Gasteiger partial charge in [0.05, 0.1) is 6.54 Å². The van der Waals surface area contributed by atoms with E-state index in [1.165, 1.54) is 16.6 Å². The van der Waals surface area contributed by atoms with Crippen LogP contribution in [0.4, 0.5) is 10.2 Å². The van der Waals surface area contributed by atoms with E-state index in [-0.39, 0.29) is 26.7 Å². The number of pyridine rings is 1. The van der Waals surface area contributed by atoms with Gasteiger partial charge < -0.3 is 18.6 Å². The van der Waals surface area contributed by atoms with Gasteiger partial charge in [0.2, 0.25) is 5.88 Å². The summed E-state index contributed by atoms with van der Waals surface area (Å²) >= 11 is 4.50. The van der Waals surface area contributed by atoms with Gasteiger partial charge in [-0.15, -0.1) is 0 Å². The molecule has 1 atom stereocenters. The van der Waals surface area contributed by atoms with Crippen molar-refractivity contribution in [2.45, 2.75) is 37.4 Å². The maximum Gasteiger partial charge on any atom is 0.345 e. The van der Waals surface area contributed by atoms with Crippen molar-refractivity contribution in [2.24, 2.45) is 0 Å². The third-order valence-electron chi connectivity index (χ3n) is 7.14. The molecule has 0 aliphatic carbocycles. The van der Waals surface area contributed by atoms with Gasteiger partial charge in [-0.1, -0.05) is 93.0 Å². The smallest absolute Gasteiger partial charge is 0.345 e. The standard InChI is InChI=1S/C29H32ClFN4O3SSi/c1-29(2,3)40(20-12-7-5-8-13-20,21-14-9-6-10-15-21)38-18-11-16-35-17-19-37-27-22-24(23(31)25(30)33-27)32-28(39(4)36)34-26(22)35/h5-10,12-15H,11,16-19H2,1-4H3. The topological polar surface area (TPSA) is 83.4 Å². The van der Waals surface area contributed by atoms with Gasteiger partial charge in [0.1, 0.15) is 23.8 Å². The van der Waals surface area contributed by atoms with E-state index in [0.717, 1.165) is 0 Å². The Morgan fingerprint density at radius 2 is 1.68 bits per heavy atom. The second kappa shape index (κ2) is 11.6. The van der Waals surface area contributed by atoms with E-state index in [0.29, 0.717) is 43.9 Å². The van der Waals surface area contributed by atoms with Crippen molar-refractivity contribution in [3.63, 3.8) is 0 Å². The highest BCUT2D eigenvalue weighted by Gasteiger charge is 2.50. The monoisotopic (exact) mass is 598 g/mol. The van der Waals surface area contributed by atoms with Crippen molar-refractivity contribution in [3.8, 4) is 5.88 Å². The predicted octanol–water partition coefficient (Wildman–Crippen LogP) is 4.72. The van der Waals surface area contributed by atoms with Crippen LogP contribution in [-0.4, -0.2) is 60.4 Å². The lowest BCUT2D eigenvalue weighted by molar-refractivity contribution is 0.289. The fourth-order valence-corrected chi connectivity index (χ4v) is 10.6. The molecule has 210 valence electrons. The van der Waals surface area contributed by atoms with Crippen LogP contribution in [0.3, 0.4) is 0 Å². The third kappa shape index (κ3) is 5.31. The largest absolute Gasteiger partial charge is 0.609 e. The lowest BCUT2D eigenvalue weighted by Gasteiger charge is -2.43. The van der Waals surface area contributed by atoms with Gasteiger partial charge in [-0.05, 0) is 21.8 Å². The Balaban J connectivity index is 1.46. The number of anilines is 1. The zero-order chi connectivity index (χ0) is 28.5. The molecule has 1 unspecified atom stereocenters. The minimum atomic E-state index is -2.67. The highest BCUT2D eigenvalue weighted by atomic mass is 35.5. The minimum Gasteiger partial charge on any atom is -0.609 e. The molecule has 3 heterocycles. The van der Waals surface area contributed by atoms with Crippen LogP contribution in [0.5, 0.6) is 5.88 Å². The summed E-state index contributed by atoms with van der Waals surface area (Å²) in [7, 11) is -2.67. The summed E-state index contributed by atoms with van der Waals surface area (Å²) in [6.07, 6.45) is 2.14. The first-order valence-corrected chi connectivity index (χ1v) is 17.0. The second-order valence-corrected chi connectivity index (χ2v) is 16.7. The summed E-state index contributed by atoms with van der Waals surface area (Å²) in [5.74, 6) is -0.164. The van der Waals surface area contributed by atoms with Crippen LogP contribution in [0, 0.1) is 5.82 Å². The van der Waals surface area contributed by atoms with Crippen LogP contribution in [0.2, 0.25) is 10.2 Å². The molecule has 0 saturated heterocycles. The maximum atomic E-state index is 15.0. The lowest BCUT2D eigenvalue weighted by atomic mass is 10.2. The maximum absolute atomic E-state index is 15.0. The van der Waals surface area contributed by atoms with Crippen LogP contribution in [0.25, 0.3) is 10.9 Å². The number of hydrogen-bond acceptors (Lipinski definition) is 7. The Labute approximate surface area is 243 Å². The first-order valence-electron chi connectivity index (χ1n) is 13.2. The van der Waals surface area contributed by atoms with Crippen molar-refractivity contribution in [3.05, 3.63) is 71.6 Å². The molecular weight excluding hydrogens is 567 g/mol. The summed E-state index contributed by atoms with van der Waals surface area (Å²) in [6.45, 7) is 8.60. The molecule has 40 heavy (non-hydrogen) atoms. The predicted molar refractivity (Wildman–Crippen MR) is 161 cm³/mol. The van der Waals surface area contributed by atoms with Crippen molar-refractivity contribution in [2.75, 3.05) is 37.5 Å². The zero-order valence-corrected chi connectivity index (χ0v) is 25.6. The van der Waals surface area contributed by atoms with Crippen LogP contribution in [0.1, 0.15) is 27.2 Å². The highest BCUT2D eigenvalue weighted by molar-refractivity contribution is 7.90. The summed E-state index contributed by atoms with van der Waals surface area (Å²) in [6, 6.07) is 21.0.